The molecule has 4 nitrogen and oxygen atoms in total. The third kappa shape index (κ3) is 6.12. The van der Waals surface area contributed by atoms with E-state index in [9.17, 15) is 0 Å². The molecule has 0 radical (unpaired) electrons. The van der Waals surface area contributed by atoms with Gasteiger partial charge >= 0.3 is 0 Å². The second-order valence-electron chi connectivity index (χ2n) is 10.5. The molecular weight excluding hydrogens is 515 g/mol. The highest BCUT2D eigenvalue weighted by Gasteiger charge is 2.29. The summed E-state index contributed by atoms with van der Waals surface area (Å²) in [6.07, 6.45) is 12.9. The van der Waals surface area contributed by atoms with Crippen LogP contribution in [0.25, 0.3) is 22.3 Å². The molecule has 0 bridgehead atoms. The van der Waals surface area contributed by atoms with E-state index in [0.717, 1.165) is 65.0 Å². The first-order valence-electron chi connectivity index (χ1n) is 14.3. The van der Waals surface area contributed by atoms with Gasteiger partial charge in [-0.15, -0.1) is 12.6 Å². The second kappa shape index (κ2) is 12.8. The van der Waals surface area contributed by atoms with Crippen LogP contribution in [0.4, 0.5) is 10.2 Å². The van der Waals surface area contributed by atoms with Crippen molar-refractivity contribution in [1.82, 2.24) is 15.0 Å². The second-order valence-corrected chi connectivity index (χ2v) is 11.0. The fourth-order valence-corrected chi connectivity index (χ4v) is 5.98. The van der Waals surface area contributed by atoms with Gasteiger partial charge in [0.15, 0.2) is 0 Å². The summed E-state index contributed by atoms with van der Waals surface area (Å²) in [6.45, 7) is 8.71. The molecular formula is C34H37FN4S. The first-order chi connectivity index (χ1) is 19.5. The number of nitrogens with zero attached hydrogens (tertiary/aromatic N) is 4. The highest BCUT2D eigenvalue weighted by atomic mass is 32.1. The van der Waals surface area contributed by atoms with Crippen LogP contribution in [0.15, 0.2) is 85.5 Å². The molecule has 0 N–H and O–H groups in total. The van der Waals surface area contributed by atoms with Crippen LogP contribution in [0.1, 0.15) is 68.3 Å². The monoisotopic (exact) mass is 552 g/mol. The van der Waals surface area contributed by atoms with Gasteiger partial charge in [0.1, 0.15) is 17.0 Å². The van der Waals surface area contributed by atoms with Crippen molar-refractivity contribution in [3.05, 3.63) is 108 Å². The number of anilines is 1. The summed E-state index contributed by atoms with van der Waals surface area (Å²) < 4.78 is 15.8. The Hall–Kier alpha value is -3.51. The van der Waals surface area contributed by atoms with E-state index in [1.54, 1.807) is 12.3 Å². The molecule has 5 rings (SSSR count). The highest BCUT2D eigenvalue weighted by Crippen LogP contribution is 2.41. The van der Waals surface area contributed by atoms with Crippen LogP contribution in [-0.4, -0.2) is 15.0 Å². The Morgan fingerprint density at radius 2 is 1.52 bits per heavy atom. The fourth-order valence-electron chi connectivity index (χ4n) is 5.50. The number of hydrogen-bond donors (Lipinski definition) is 1. The first-order valence-corrected chi connectivity index (χ1v) is 14.8. The third-order valence-corrected chi connectivity index (χ3v) is 8.44. The Bertz CT molecular complexity index is 1460. The number of aromatic nitrogens is 3. The van der Waals surface area contributed by atoms with E-state index < -0.39 is 5.37 Å². The molecule has 3 aromatic heterocycles. The lowest BCUT2D eigenvalue weighted by atomic mass is 9.86. The van der Waals surface area contributed by atoms with Crippen molar-refractivity contribution in [3.8, 4) is 22.3 Å². The molecule has 0 saturated heterocycles. The summed E-state index contributed by atoms with van der Waals surface area (Å²) in [6, 6.07) is 17.5. The van der Waals surface area contributed by atoms with Crippen molar-refractivity contribution in [1.29, 1.82) is 0 Å². The molecule has 40 heavy (non-hydrogen) atoms. The summed E-state index contributed by atoms with van der Waals surface area (Å²) in [4.78, 5) is 15.7. The van der Waals surface area contributed by atoms with Gasteiger partial charge in [0.25, 0.3) is 0 Å². The minimum absolute atomic E-state index is 0.309. The van der Waals surface area contributed by atoms with Crippen molar-refractivity contribution in [2.45, 2.75) is 64.2 Å². The average Bonchev–Trinajstić information content (AvgIpc) is 3.01. The van der Waals surface area contributed by atoms with Crippen LogP contribution in [-0.2, 0) is 12.8 Å². The number of allylic oxidation sites excluding steroid dienone is 1. The summed E-state index contributed by atoms with van der Waals surface area (Å²) in [7, 11) is 0. The van der Waals surface area contributed by atoms with Gasteiger partial charge in [0.05, 0.1) is 0 Å². The van der Waals surface area contributed by atoms with Gasteiger partial charge in [-0.25, -0.2) is 9.37 Å². The van der Waals surface area contributed by atoms with Crippen molar-refractivity contribution in [3.63, 3.8) is 0 Å². The number of thiol groups is 1. The maximum absolute atomic E-state index is 15.8. The van der Waals surface area contributed by atoms with E-state index >= 15 is 4.39 Å². The number of halogens is 1. The molecule has 1 atom stereocenters. The minimum Gasteiger partial charge on any atom is -0.314 e. The number of benzene rings is 1. The summed E-state index contributed by atoms with van der Waals surface area (Å²) >= 11 is 5.02. The summed E-state index contributed by atoms with van der Waals surface area (Å²) in [5.41, 5.74) is 7.27. The molecule has 0 aliphatic heterocycles. The molecule has 0 spiro atoms. The lowest BCUT2D eigenvalue weighted by Crippen LogP contribution is -2.30. The third-order valence-electron chi connectivity index (χ3n) is 7.93. The molecule has 0 amide bonds. The normalized spacial score (nSPS) is 14.6. The highest BCUT2D eigenvalue weighted by molar-refractivity contribution is 7.80. The van der Waals surface area contributed by atoms with Gasteiger partial charge in [-0.05, 0) is 84.7 Å². The maximum Gasteiger partial charge on any atom is 0.134 e. The van der Waals surface area contributed by atoms with Crippen LogP contribution >= 0.6 is 12.6 Å². The Morgan fingerprint density at radius 1 is 0.850 bits per heavy atom. The zero-order chi connectivity index (χ0) is 28.1. The fraction of sp³-hybridized carbons (Fsp3) is 0.324. The van der Waals surface area contributed by atoms with E-state index in [1.807, 2.05) is 53.7 Å². The molecule has 6 heteroatoms. The standard InChI is InChI=1S/C34H37FN4S/c1-4-29-13-11-28(22-38-29)25-12-14-31(32(35)20-25)34(40)39(23(3)24-9-7-6-8-10-24)33-21-27(16-18-37-33)26-15-17-36-30(5-2)19-26/h11-22,24,34,40H,3-10H2,1-2H3. The largest absolute Gasteiger partial charge is 0.314 e. The SMILES string of the molecule is C=C(C1CCCCC1)N(c1cc(-c2ccnc(CC)c2)ccn1)C(S)c1ccc(-c2ccc(CC)nc2)cc1F. The number of rotatable bonds is 9. The molecule has 1 unspecified atom stereocenters. The van der Waals surface area contributed by atoms with Crippen LogP contribution in [0.5, 0.6) is 0 Å². The van der Waals surface area contributed by atoms with Crippen molar-refractivity contribution in [2.75, 3.05) is 4.90 Å². The van der Waals surface area contributed by atoms with Crippen LogP contribution < -0.4 is 4.90 Å². The topological polar surface area (TPSA) is 41.9 Å². The Balaban J connectivity index is 1.52. The molecule has 1 aromatic carbocycles. The Morgan fingerprint density at radius 3 is 2.20 bits per heavy atom. The average molecular weight is 553 g/mol. The van der Waals surface area contributed by atoms with Gasteiger partial charge < -0.3 is 4.90 Å². The number of pyridine rings is 3. The number of aryl methyl sites for hydroxylation is 2. The van der Waals surface area contributed by atoms with E-state index in [-0.39, 0.29) is 5.82 Å². The number of hydrogen-bond acceptors (Lipinski definition) is 5. The molecule has 4 aromatic rings. The Kier molecular flexibility index (Phi) is 8.95. The minimum atomic E-state index is -0.588. The van der Waals surface area contributed by atoms with Crippen molar-refractivity contribution in [2.24, 2.45) is 5.92 Å². The van der Waals surface area contributed by atoms with E-state index in [1.165, 1.54) is 19.3 Å². The molecule has 206 valence electrons. The van der Waals surface area contributed by atoms with Crippen molar-refractivity contribution >= 4 is 18.4 Å². The molecule has 1 aliphatic carbocycles. The molecule has 3 heterocycles. The van der Waals surface area contributed by atoms with Gasteiger partial charge in [0, 0.05) is 46.8 Å². The van der Waals surface area contributed by atoms with Crippen LogP contribution in [0, 0.1) is 11.7 Å². The predicted molar refractivity (Wildman–Crippen MR) is 166 cm³/mol. The molecule has 1 aliphatic rings. The van der Waals surface area contributed by atoms with Gasteiger partial charge in [0.2, 0.25) is 0 Å². The smallest absolute Gasteiger partial charge is 0.134 e. The van der Waals surface area contributed by atoms with E-state index in [4.69, 9.17) is 17.6 Å². The lowest BCUT2D eigenvalue weighted by molar-refractivity contribution is 0.394. The zero-order valence-corrected chi connectivity index (χ0v) is 24.2. The van der Waals surface area contributed by atoms with E-state index in [2.05, 4.69) is 42.5 Å². The molecule has 1 fully saturated rings. The first kappa shape index (κ1) is 28.0. The quantitative estimate of drug-likeness (QED) is 0.166. The van der Waals surface area contributed by atoms with Crippen LogP contribution in [0.3, 0.4) is 0 Å². The van der Waals surface area contributed by atoms with Crippen molar-refractivity contribution < 1.29 is 4.39 Å². The summed E-state index contributed by atoms with van der Waals surface area (Å²) in [5.74, 6) is 0.717. The lowest BCUT2D eigenvalue weighted by Gasteiger charge is -2.37. The van der Waals surface area contributed by atoms with Crippen LogP contribution in [0.2, 0.25) is 0 Å². The molecule has 1 saturated carbocycles. The van der Waals surface area contributed by atoms with Gasteiger partial charge in [-0.2, -0.15) is 0 Å². The predicted octanol–water partition coefficient (Wildman–Crippen LogP) is 9.00. The van der Waals surface area contributed by atoms with E-state index in [0.29, 0.717) is 17.3 Å². The van der Waals surface area contributed by atoms with Gasteiger partial charge in [-0.3, -0.25) is 9.97 Å². The maximum atomic E-state index is 15.8. The Labute approximate surface area is 242 Å². The summed E-state index contributed by atoms with van der Waals surface area (Å²) in [5, 5.41) is -0.588. The van der Waals surface area contributed by atoms with Gasteiger partial charge in [-0.1, -0.05) is 57.9 Å². The zero-order valence-electron chi connectivity index (χ0n) is 23.4.